The van der Waals surface area contributed by atoms with Crippen molar-refractivity contribution in [3.8, 4) is 6.07 Å². The van der Waals surface area contributed by atoms with E-state index < -0.39 is 0 Å². The van der Waals surface area contributed by atoms with Crippen LogP contribution in [0.4, 0.5) is 11.4 Å². The molecule has 1 N–H and O–H groups in total. The van der Waals surface area contributed by atoms with Gasteiger partial charge < -0.3 is 5.32 Å². The minimum atomic E-state index is 0.445. The van der Waals surface area contributed by atoms with Crippen LogP contribution in [-0.4, -0.2) is 8.75 Å². The number of nitriles is 1. The molecule has 0 aliphatic rings. The highest BCUT2D eigenvalue weighted by atomic mass is 35.5. The van der Waals surface area contributed by atoms with Crippen molar-refractivity contribution in [2.24, 2.45) is 0 Å². The summed E-state index contributed by atoms with van der Waals surface area (Å²) < 4.78 is 8.40. The number of aromatic nitrogens is 2. The molecule has 0 radical (unpaired) electrons. The lowest BCUT2D eigenvalue weighted by Crippen LogP contribution is -1.94. The molecule has 0 atom stereocenters. The summed E-state index contributed by atoms with van der Waals surface area (Å²) in [5.41, 5.74) is 3.28. The third kappa shape index (κ3) is 2.29. The Balaban J connectivity index is 2.07. The monoisotopic (exact) mass is 320 g/mol. The van der Waals surface area contributed by atoms with Gasteiger partial charge in [0, 0.05) is 0 Å². The van der Waals surface area contributed by atoms with Crippen LogP contribution in [0.25, 0.3) is 11.0 Å². The third-order valence-electron chi connectivity index (χ3n) is 2.73. The highest BCUT2D eigenvalue weighted by Crippen LogP contribution is 2.34. The Morgan fingerprint density at radius 2 is 1.95 bits per heavy atom. The molecule has 98 valence electrons. The molecule has 0 fully saturated rings. The number of nitrogens with zero attached hydrogens (tertiary/aromatic N) is 3. The first-order valence-electron chi connectivity index (χ1n) is 5.56. The zero-order chi connectivity index (χ0) is 14.1. The molecule has 20 heavy (non-hydrogen) atoms. The normalized spacial score (nSPS) is 10.4. The molecule has 0 aliphatic heterocycles. The van der Waals surface area contributed by atoms with Crippen molar-refractivity contribution in [3.05, 3.63) is 45.9 Å². The fourth-order valence-corrected chi connectivity index (χ4v) is 2.74. The Morgan fingerprint density at radius 3 is 2.70 bits per heavy atom. The second-order valence-corrected chi connectivity index (χ2v) is 5.33. The van der Waals surface area contributed by atoms with Gasteiger partial charge in [-0.25, -0.2) is 0 Å². The SMILES string of the molecule is N#Cc1ccc(Nc2c(Cl)ccc3nsnc23)c(Cl)c1. The van der Waals surface area contributed by atoms with E-state index in [1.165, 1.54) is 0 Å². The van der Waals surface area contributed by atoms with Crippen molar-refractivity contribution in [2.45, 2.75) is 0 Å². The molecule has 2 aromatic carbocycles. The molecule has 0 saturated carbocycles. The number of benzene rings is 2. The van der Waals surface area contributed by atoms with Gasteiger partial charge in [0.25, 0.3) is 0 Å². The zero-order valence-electron chi connectivity index (χ0n) is 9.89. The van der Waals surface area contributed by atoms with E-state index in [2.05, 4.69) is 14.1 Å². The van der Waals surface area contributed by atoms with Crippen molar-refractivity contribution in [3.63, 3.8) is 0 Å². The first-order chi connectivity index (χ1) is 9.69. The van der Waals surface area contributed by atoms with E-state index in [1.54, 1.807) is 24.3 Å². The van der Waals surface area contributed by atoms with Gasteiger partial charge >= 0.3 is 0 Å². The summed E-state index contributed by atoms with van der Waals surface area (Å²) in [5.74, 6) is 0. The van der Waals surface area contributed by atoms with Crippen LogP contribution in [0.2, 0.25) is 10.0 Å². The summed E-state index contributed by atoms with van der Waals surface area (Å²) in [5, 5.41) is 13.0. The minimum Gasteiger partial charge on any atom is -0.351 e. The molecule has 0 aliphatic carbocycles. The van der Waals surface area contributed by atoms with E-state index in [0.717, 1.165) is 17.2 Å². The fraction of sp³-hybridized carbons (Fsp3) is 0. The van der Waals surface area contributed by atoms with Gasteiger partial charge in [-0.15, -0.1) is 0 Å². The number of hydrogen-bond donors (Lipinski definition) is 1. The summed E-state index contributed by atoms with van der Waals surface area (Å²) >= 11 is 13.5. The van der Waals surface area contributed by atoms with Gasteiger partial charge in [0.2, 0.25) is 0 Å². The topological polar surface area (TPSA) is 61.6 Å². The molecule has 0 saturated heterocycles. The first kappa shape index (κ1) is 13.1. The summed E-state index contributed by atoms with van der Waals surface area (Å²) in [4.78, 5) is 0. The highest BCUT2D eigenvalue weighted by molar-refractivity contribution is 7.00. The van der Waals surface area contributed by atoms with Crippen LogP contribution in [0.1, 0.15) is 5.56 Å². The molecule has 0 spiro atoms. The molecule has 4 nitrogen and oxygen atoms in total. The van der Waals surface area contributed by atoms with E-state index in [0.29, 0.717) is 32.5 Å². The number of hydrogen-bond acceptors (Lipinski definition) is 5. The Bertz CT molecular complexity index is 838. The van der Waals surface area contributed by atoms with Crippen LogP contribution in [-0.2, 0) is 0 Å². The van der Waals surface area contributed by atoms with Crippen LogP contribution in [0.5, 0.6) is 0 Å². The summed E-state index contributed by atoms with van der Waals surface area (Å²) in [6.07, 6.45) is 0. The van der Waals surface area contributed by atoms with Crippen molar-refractivity contribution in [2.75, 3.05) is 5.32 Å². The molecule has 0 unspecified atom stereocenters. The maximum Gasteiger partial charge on any atom is 0.129 e. The smallest absolute Gasteiger partial charge is 0.129 e. The van der Waals surface area contributed by atoms with Crippen molar-refractivity contribution < 1.29 is 0 Å². The predicted octanol–water partition coefficient (Wildman–Crippen LogP) is 4.61. The van der Waals surface area contributed by atoms with Crippen molar-refractivity contribution in [1.82, 2.24) is 8.75 Å². The lowest BCUT2D eigenvalue weighted by atomic mass is 10.2. The molecular weight excluding hydrogens is 315 g/mol. The van der Waals surface area contributed by atoms with Gasteiger partial charge in [-0.05, 0) is 30.3 Å². The lowest BCUT2D eigenvalue weighted by molar-refractivity contribution is 1.47. The Morgan fingerprint density at radius 1 is 1.10 bits per heavy atom. The molecule has 0 bridgehead atoms. The number of nitrogens with one attached hydrogen (secondary N) is 1. The van der Waals surface area contributed by atoms with Crippen LogP contribution >= 0.6 is 34.9 Å². The van der Waals surface area contributed by atoms with Crippen LogP contribution < -0.4 is 5.32 Å². The highest BCUT2D eigenvalue weighted by Gasteiger charge is 2.11. The zero-order valence-corrected chi connectivity index (χ0v) is 12.2. The Kier molecular flexibility index (Phi) is 3.45. The predicted molar refractivity (Wildman–Crippen MR) is 81.9 cm³/mol. The average Bonchev–Trinajstić information content (AvgIpc) is 2.92. The minimum absolute atomic E-state index is 0.445. The van der Waals surface area contributed by atoms with Crippen LogP contribution in [0, 0.1) is 11.3 Å². The largest absolute Gasteiger partial charge is 0.351 e. The van der Waals surface area contributed by atoms with Crippen LogP contribution in [0.3, 0.4) is 0 Å². The quantitative estimate of drug-likeness (QED) is 0.748. The maximum absolute atomic E-state index is 8.83. The van der Waals surface area contributed by atoms with Gasteiger partial charge in [-0.1, -0.05) is 23.2 Å². The molecule has 3 rings (SSSR count). The Hall–Kier alpha value is -1.87. The number of anilines is 2. The molecule has 1 heterocycles. The van der Waals surface area contributed by atoms with E-state index in [1.807, 2.05) is 12.1 Å². The van der Waals surface area contributed by atoms with Crippen molar-refractivity contribution >= 4 is 57.3 Å². The lowest BCUT2D eigenvalue weighted by Gasteiger charge is -2.10. The molecule has 1 aromatic heterocycles. The average molecular weight is 321 g/mol. The van der Waals surface area contributed by atoms with Gasteiger partial charge in [0.1, 0.15) is 11.0 Å². The summed E-state index contributed by atoms with van der Waals surface area (Å²) in [6.45, 7) is 0. The van der Waals surface area contributed by atoms with Gasteiger partial charge in [-0.3, -0.25) is 0 Å². The van der Waals surface area contributed by atoms with Crippen LogP contribution in [0.15, 0.2) is 30.3 Å². The standard InChI is InChI=1S/C13H6Cl2N4S/c14-8-2-4-11-13(19-20-18-11)12(8)17-10-3-1-7(6-16)5-9(10)15/h1-5,17H. The van der Waals surface area contributed by atoms with E-state index in [4.69, 9.17) is 28.5 Å². The molecular formula is C13H6Cl2N4S. The fourth-order valence-electron chi connectivity index (χ4n) is 1.77. The molecule has 0 amide bonds. The van der Waals surface area contributed by atoms with E-state index >= 15 is 0 Å². The molecule has 3 aromatic rings. The first-order valence-corrected chi connectivity index (χ1v) is 7.05. The summed E-state index contributed by atoms with van der Waals surface area (Å²) in [6, 6.07) is 10.6. The second-order valence-electron chi connectivity index (χ2n) is 3.99. The number of fused-ring (bicyclic) bond motifs is 1. The van der Waals surface area contributed by atoms with E-state index in [-0.39, 0.29) is 0 Å². The Labute approximate surface area is 128 Å². The molecule has 7 heteroatoms. The van der Waals surface area contributed by atoms with Crippen molar-refractivity contribution in [1.29, 1.82) is 5.26 Å². The third-order valence-corrected chi connectivity index (χ3v) is 3.91. The van der Waals surface area contributed by atoms with Gasteiger partial charge in [0.05, 0.1) is 44.8 Å². The van der Waals surface area contributed by atoms with Gasteiger partial charge in [-0.2, -0.15) is 14.0 Å². The maximum atomic E-state index is 8.83. The van der Waals surface area contributed by atoms with E-state index in [9.17, 15) is 0 Å². The second kappa shape index (κ2) is 5.25. The summed E-state index contributed by atoms with van der Waals surface area (Å²) in [7, 11) is 0. The number of halogens is 2. The number of rotatable bonds is 2. The van der Waals surface area contributed by atoms with Gasteiger partial charge in [0.15, 0.2) is 0 Å².